The lowest BCUT2D eigenvalue weighted by Gasteiger charge is -2.34. The molecule has 0 bridgehead atoms. The van der Waals surface area contributed by atoms with Gasteiger partial charge >= 0.3 is 0 Å². The minimum absolute atomic E-state index is 0.276. The van der Waals surface area contributed by atoms with Crippen LogP contribution in [0.15, 0.2) is 84.9 Å². The maximum Gasteiger partial charge on any atom is 0.231 e. The molecule has 0 saturated carbocycles. The second kappa shape index (κ2) is 6.63. The molecule has 1 atom stereocenters. The summed E-state index contributed by atoms with van der Waals surface area (Å²) in [7, 11) is 0. The Morgan fingerprint density at radius 2 is 1.57 bits per heavy atom. The van der Waals surface area contributed by atoms with E-state index in [1.807, 2.05) is 24.3 Å². The molecule has 3 aromatic carbocycles. The van der Waals surface area contributed by atoms with Gasteiger partial charge in [-0.3, -0.25) is 5.10 Å². The van der Waals surface area contributed by atoms with E-state index in [1.54, 1.807) is 0 Å². The summed E-state index contributed by atoms with van der Waals surface area (Å²) < 4.78 is 11.2. The van der Waals surface area contributed by atoms with Gasteiger partial charge in [0.15, 0.2) is 11.5 Å². The van der Waals surface area contributed by atoms with Crippen LogP contribution in [0.2, 0.25) is 0 Å². The highest BCUT2D eigenvalue weighted by Crippen LogP contribution is 2.45. The van der Waals surface area contributed by atoms with Gasteiger partial charge in [0.2, 0.25) is 6.79 Å². The zero-order chi connectivity index (χ0) is 20.0. The molecule has 0 saturated heterocycles. The predicted molar refractivity (Wildman–Crippen MR) is 117 cm³/mol. The Hall–Kier alpha value is -3.79. The largest absolute Gasteiger partial charge is 0.454 e. The number of rotatable bonds is 3. The number of fused-ring (bicyclic) bond motifs is 2. The number of aromatic amines is 1. The Bertz CT molecular complexity index is 1240. The van der Waals surface area contributed by atoms with Crippen LogP contribution in [-0.2, 0) is 11.8 Å². The maximum atomic E-state index is 5.68. The number of H-pyrrole nitrogens is 1. The fourth-order valence-electron chi connectivity index (χ4n) is 4.55. The van der Waals surface area contributed by atoms with Crippen LogP contribution in [0.4, 0.5) is 0 Å². The Balaban J connectivity index is 1.50. The number of hydrogen-bond donors (Lipinski definition) is 1. The van der Waals surface area contributed by atoms with Crippen molar-refractivity contribution in [3.63, 3.8) is 0 Å². The van der Waals surface area contributed by atoms with Gasteiger partial charge in [-0.15, -0.1) is 0 Å². The van der Waals surface area contributed by atoms with Crippen molar-refractivity contribution in [2.45, 2.75) is 11.8 Å². The van der Waals surface area contributed by atoms with Crippen LogP contribution >= 0.6 is 0 Å². The molecule has 4 aromatic rings. The van der Waals surface area contributed by atoms with E-state index in [2.05, 4.69) is 76.9 Å². The summed E-state index contributed by atoms with van der Waals surface area (Å²) in [5.41, 5.74) is 6.52. The lowest BCUT2D eigenvalue weighted by molar-refractivity contribution is 0.174. The number of aromatic nitrogens is 2. The third kappa shape index (κ3) is 2.57. The Morgan fingerprint density at radius 1 is 0.800 bits per heavy atom. The number of nitrogens with zero attached hydrogens (tertiary/aromatic N) is 1. The fraction of sp³-hybridized carbons (Fsp3) is 0.115. The molecule has 30 heavy (non-hydrogen) atoms. The fourth-order valence-corrected chi connectivity index (χ4v) is 4.55. The smallest absolute Gasteiger partial charge is 0.231 e. The molecule has 0 fully saturated rings. The van der Waals surface area contributed by atoms with Crippen LogP contribution in [0, 0.1) is 0 Å². The molecule has 0 radical (unpaired) electrons. The third-order valence-corrected chi connectivity index (χ3v) is 6.10. The van der Waals surface area contributed by atoms with Crippen LogP contribution in [0.5, 0.6) is 11.5 Å². The third-order valence-electron chi connectivity index (χ3n) is 6.10. The van der Waals surface area contributed by atoms with Gasteiger partial charge in [-0.2, -0.15) is 5.10 Å². The average molecular weight is 392 g/mol. The van der Waals surface area contributed by atoms with Crippen LogP contribution in [-0.4, -0.2) is 17.0 Å². The van der Waals surface area contributed by atoms with E-state index in [-0.39, 0.29) is 12.2 Å². The molecule has 2 aliphatic rings. The number of allylic oxidation sites excluding steroid dienone is 1. The first kappa shape index (κ1) is 17.1. The standard InChI is InChI=1S/C26H20N2O2/c1-3-7-18(8-4-1)25-21-13-14-26(16-22(21)27-28-25,19-9-5-2-6-10-19)20-11-12-23-24(15-20)30-17-29-23/h1-15H,16-17H2,(H,27,28). The molecule has 1 unspecified atom stereocenters. The van der Waals surface area contributed by atoms with Gasteiger partial charge in [-0.1, -0.05) is 78.9 Å². The molecule has 1 aliphatic carbocycles. The molecular weight excluding hydrogens is 372 g/mol. The maximum absolute atomic E-state index is 5.68. The Labute approximate surface area is 174 Å². The Kier molecular flexibility index (Phi) is 3.78. The van der Waals surface area contributed by atoms with Gasteiger partial charge in [0.05, 0.1) is 5.69 Å². The molecule has 2 heterocycles. The minimum atomic E-state index is -0.310. The van der Waals surface area contributed by atoms with Crippen LogP contribution < -0.4 is 9.47 Å². The summed E-state index contributed by atoms with van der Waals surface area (Å²) in [5, 5.41) is 7.97. The van der Waals surface area contributed by atoms with E-state index in [0.717, 1.165) is 40.4 Å². The molecule has 0 amide bonds. The summed E-state index contributed by atoms with van der Waals surface area (Å²) in [6.07, 6.45) is 5.31. The van der Waals surface area contributed by atoms with E-state index >= 15 is 0 Å². The topological polar surface area (TPSA) is 47.1 Å². The van der Waals surface area contributed by atoms with Crippen molar-refractivity contribution in [2.75, 3.05) is 6.79 Å². The second-order valence-electron chi connectivity index (χ2n) is 7.75. The second-order valence-corrected chi connectivity index (χ2v) is 7.75. The summed E-state index contributed by atoms with van der Waals surface area (Å²) in [6, 6.07) is 27.2. The van der Waals surface area contributed by atoms with E-state index in [0.29, 0.717) is 0 Å². The first-order valence-electron chi connectivity index (χ1n) is 10.1. The molecule has 1 N–H and O–H groups in total. The summed E-state index contributed by atoms with van der Waals surface area (Å²) in [6.45, 7) is 0.276. The molecule has 146 valence electrons. The highest BCUT2D eigenvalue weighted by molar-refractivity contribution is 5.76. The monoisotopic (exact) mass is 392 g/mol. The number of benzene rings is 3. The summed E-state index contributed by atoms with van der Waals surface area (Å²) in [4.78, 5) is 0. The van der Waals surface area contributed by atoms with Gasteiger partial charge in [-0.05, 0) is 23.3 Å². The zero-order valence-corrected chi connectivity index (χ0v) is 16.3. The molecule has 6 rings (SSSR count). The molecule has 4 heteroatoms. The van der Waals surface area contributed by atoms with Gasteiger partial charge in [0.25, 0.3) is 0 Å². The normalized spacial score (nSPS) is 18.9. The summed E-state index contributed by atoms with van der Waals surface area (Å²) >= 11 is 0. The predicted octanol–water partition coefficient (Wildman–Crippen LogP) is 5.36. The van der Waals surface area contributed by atoms with Crippen molar-refractivity contribution in [3.05, 3.63) is 107 Å². The minimum Gasteiger partial charge on any atom is -0.454 e. The summed E-state index contributed by atoms with van der Waals surface area (Å²) in [5.74, 6) is 1.60. The van der Waals surface area contributed by atoms with E-state index in [4.69, 9.17) is 9.47 Å². The average Bonchev–Trinajstić information content (AvgIpc) is 3.46. The van der Waals surface area contributed by atoms with Crippen molar-refractivity contribution in [3.8, 4) is 22.8 Å². The van der Waals surface area contributed by atoms with Crippen LogP contribution in [0.1, 0.15) is 22.4 Å². The van der Waals surface area contributed by atoms with E-state index in [9.17, 15) is 0 Å². The lowest BCUT2D eigenvalue weighted by atomic mass is 9.68. The Morgan fingerprint density at radius 3 is 2.40 bits per heavy atom. The zero-order valence-electron chi connectivity index (χ0n) is 16.3. The van der Waals surface area contributed by atoms with Crippen molar-refractivity contribution in [1.82, 2.24) is 10.2 Å². The van der Waals surface area contributed by atoms with Gasteiger partial charge in [0, 0.05) is 28.7 Å². The molecule has 0 spiro atoms. The number of nitrogens with one attached hydrogen (secondary N) is 1. The lowest BCUT2D eigenvalue weighted by Crippen LogP contribution is -2.30. The highest BCUT2D eigenvalue weighted by atomic mass is 16.7. The van der Waals surface area contributed by atoms with Crippen molar-refractivity contribution >= 4 is 6.08 Å². The van der Waals surface area contributed by atoms with Crippen molar-refractivity contribution in [1.29, 1.82) is 0 Å². The van der Waals surface area contributed by atoms with Crippen LogP contribution in [0.25, 0.3) is 17.3 Å². The van der Waals surface area contributed by atoms with Crippen molar-refractivity contribution in [2.24, 2.45) is 0 Å². The van der Waals surface area contributed by atoms with E-state index < -0.39 is 0 Å². The first-order chi connectivity index (χ1) is 14.8. The molecule has 4 nitrogen and oxygen atoms in total. The van der Waals surface area contributed by atoms with Gasteiger partial charge in [0.1, 0.15) is 0 Å². The molecular formula is C26H20N2O2. The quantitative estimate of drug-likeness (QED) is 0.510. The van der Waals surface area contributed by atoms with Gasteiger partial charge < -0.3 is 9.47 Å². The SMILES string of the molecule is C1=CC(c2ccccc2)(c2ccc3c(c2)OCO3)Cc2[nH]nc(-c3ccccc3)c21. The number of ether oxygens (including phenoxy) is 2. The highest BCUT2D eigenvalue weighted by Gasteiger charge is 2.37. The van der Waals surface area contributed by atoms with Gasteiger partial charge in [-0.25, -0.2) is 0 Å². The first-order valence-corrected chi connectivity index (χ1v) is 10.1. The number of hydrogen-bond acceptors (Lipinski definition) is 3. The van der Waals surface area contributed by atoms with Crippen molar-refractivity contribution < 1.29 is 9.47 Å². The molecule has 1 aromatic heterocycles. The van der Waals surface area contributed by atoms with Crippen LogP contribution in [0.3, 0.4) is 0 Å². The van der Waals surface area contributed by atoms with E-state index in [1.165, 1.54) is 11.1 Å². The molecule has 1 aliphatic heterocycles.